The normalized spacial score (nSPS) is 27.7. The van der Waals surface area contributed by atoms with E-state index in [0.29, 0.717) is 50.3 Å². The van der Waals surface area contributed by atoms with Gasteiger partial charge in [-0.15, -0.1) is 0 Å². The number of aromatic nitrogens is 3. The van der Waals surface area contributed by atoms with Gasteiger partial charge in [-0.2, -0.15) is 8.78 Å². The van der Waals surface area contributed by atoms with Crippen molar-refractivity contribution in [3.63, 3.8) is 0 Å². The van der Waals surface area contributed by atoms with Crippen molar-refractivity contribution >= 4 is 44.4 Å². The van der Waals surface area contributed by atoms with Crippen LogP contribution in [-0.2, 0) is 30.3 Å². The first-order valence-electron chi connectivity index (χ1n) is 18.8. The summed E-state index contributed by atoms with van der Waals surface area (Å²) in [6.07, 6.45) is 6.33. The maximum atomic E-state index is 15.0. The summed E-state index contributed by atoms with van der Waals surface area (Å²) in [6.45, 7) is 3.70. The number of carbonyl (C=O) groups excluding carboxylic acids is 4. The Labute approximate surface area is 317 Å². The number of rotatable bonds is 9. The van der Waals surface area contributed by atoms with Gasteiger partial charge in [0.25, 0.3) is 5.92 Å². The number of sulfonamides is 1. The number of amides is 2. The van der Waals surface area contributed by atoms with E-state index in [0.717, 1.165) is 12.8 Å². The number of hydrogen-bond acceptors (Lipinski definition) is 11. The molecular formula is C39H45F2N5O8S. The van der Waals surface area contributed by atoms with Crippen molar-refractivity contribution in [2.45, 2.75) is 114 Å². The van der Waals surface area contributed by atoms with E-state index >= 15 is 0 Å². The Morgan fingerprint density at radius 1 is 1.11 bits per heavy atom. The summed E-state index contributed by atoms with van der Waals surface area (Å²) in [5, 5.41) is 3.82. The Morgan fingerprint density at radius 3 is 2.51 bits per heavy atom. The monoisotopic (exact) mass is 781 g/mol. The third-order valence-corrected chi connectivity index (χ3v) is 13.7. The average Bonchev–Trinajstić information content (AvgIpc) is 3.93. The predicted octanol–water partition coefficient (Wildman–Crippen LogP) is 5.76. The van der Waals surface area contributed by atoms with E-state index < -0.39 is 85.0 Å². The van der Waals surface area contributed by atoms with Gasteiger partial charge in [0.15, 0.2) is 17.3 Å². The van der Waals surface area contributed by atoms with Crippen molar-refractivity contribution in [3.8, 4) is 5.88 Å². The number of ketones is 2. The number of aryl methyl sites for hydroxylation is 1. The van der Waals surface area contributed by atoms with Crippen molar-refractivity contribution in [1.82, 2.24) is 24.7 Å². The van der Waals surface area contributed by atoms with Crippen LogP contribution in [0.1, 0.15) is 106 Å². The Bertz CT molecular complexity index is 2160. The van der Waals surface area contributed by atoms with E-state index in [1.807, 2.05) is 12.2 Å². The fourth-order valence-corrected chi connectivity index (χ4v) is 9.09. The molecule has 1 N–H and O–H groups in total. The number of allylic oxidation sites excluding steroid dienone is 2. The molecule has 13 nitrogen and oxygen atoms in total. The molecule has 2 aliphatic heterocycles. The van der Waals surface area contributed by atoms with Crippen LogP contribution in [0.25, 0.3) is 11.0 Å². The molecule has 2 saturated carbocycles. The van der Waals surface area contributed by atoms with Gasteiger partial charge >= 0.3 is 0 Å². The van der Waals surface area contributed by atoms with E-state index in [2.05, 4.69) is 19.8 Å². The molecule has 1 saturated heterocycles. The number of hydrogen-bond donors (Lipinski definition) is 1. The van der Waals surface area contributed by atoms with Crippen molar-refractivity contribution in [2.24, 2.45) is 17.3 Å². The Morgan fingerprint density at radius 2 is 1.84 bits per heavy atom. The highest BCUT2D eigenvalue weighted by Crippen LogP contribution is 2.57. The molecule has 7 rings (SSSR count). The maximum absolute atomic E-state index is 15.0. The highest BCUT2D eigenvalue weighted by atomic mass is 32.2. The van der Waals surface area contributed by atoms with Crippen LogP contribution in [0.5, 0.6) is 5.88 Å². The predicted molar refractivity (Wildman–Crippen MR) is 194 cm³/mol. The molecule has 0 radical (unpaired) electrons. The van der Waals surface area contributed by atoms with Crippen LogP contribution in [0.4, 0.5) is 8.78 Å². The molecule has 0 bridgehead atoms. The number of nitrogens with zero attached hydrogens (tertiary/aromatic N) is 4. The van der Waals surface area contributed by atoms with Gasteiger partial charge in [-0.3, -0.25) is 23.9 Å². The number of Topliss-reactive ketones (excluding diaryl/α,β-unsaturated/α-hetero) is 2. The number of ether oxygens (including phenoxy) is 1. The van der Waals surface area contributed by atoms with Gasteiger partial charge in [0.1, 0.15) is 17.6 Å². The highest BCUT2D eigenvalue weighted by Gasteiger charge is 2.62. The number of carbonyl (C=O) groups is 4. The fourth-order valence-electron chi connectivity index (χ4n) is 7.76. The fraction of sp³-hybridized carbons (Fsp3) is 0.564. The minimum absolute atomic E-state index is 0.0761. The Kier molecular flexibility index (Phi) is 10.2. The lowest BCUT2D eigenvalue weighted by atomic mass is 9.90. The Hall–Kier alpha value is -4.60. The lowest BCUT2D eigenvalue weighted by Gasteiger charge is -2.29. The van der Waals surface area contributed by atoms with Crippen molar-refractivity contribution < 1.29 is 45.6 Å². The maximum Gasteiger partial charge on any atom is 0.292 e. The quantitative estimate of drug-likeness (QED) is 0.206. The second-order valence-corrected chi connectivity index (χ2v) is 18.1. The number of benzene rings is 1. The van der Waals surface area contributed by atoms with Crippen molar-refractivity contribution in [1.29, 1.82) is 0 Å². The van der Waals surface area contributed by atoms with Crippen molar-refractivity contribution in [3.05, 3.63) is 59.6 Å². The summed E-state index contributed by atoms with van der Waals surface area (Å²) in [5.74, 6) is -6.88. The van der Waals surface area contributed by atoms with E-state index in [1.165, 1.54) is 11.0 Å². The first kappa shape index (κ1) is 38.7. The molecule has 0 spiro atoms. The van der Waals surface area contributed by atoms with Crippen LogP contribution in [-0.4, -0.2) is 75.3 Å². The molecule has 4 heterocycles. The van der Waals surface area contributed by atoms with Crippen LogP contribution in [0.2, 0.25) is 0 Å². The minimum Gasteiger partial charge on any atom is -0.471 e. The molecule has 2 aliphatic carbocycles. The molecule has 16 heteroatoms. The van der Waals surface area contributed by atoms with Crippen LogP contribution < -0.4 is 9.46 Å². The molecule has 5 atom stereocenters. The van der Waals surface area contributed by atoms with Gasteiger partial charge in [0.2, 0.25) is 27.7 Å². The summed E-state index contributed by atoms with van der Waals surface area (Å²) in [7, 11) is -4.01. The van der Waals surface area contributed by atoms with Gasteiger partial charge in [-0.1, -0.05) is 42.3 Å². The molecule has 0 unspecified atom stereocenters. The van der Waals surface area contributed by atoms with Gasteiger partial charge < -0.3 is 14.2 Å². The largest absolute Gasteiger partial charge is 0.471 e. The highest BCUT2D eigenvalue weighted by molar-refractivity contribution is 7.91. The van der Waals surface area contributed by atoms with E-state index in [4.69, 9.17) is 9.26 Å². The van der Waals surface area contributed by atoms with Gasteiger partial charge in [-0.05, 0) is 70.4 Å². The van der Waals surface area contributed by atoms with Crippen LogP contribution in [0, 0.1) is 24.2 Å². The van der Waals surface area contributed by atoms with Crippen LogP contribution >= 0.6 is 0 Å². The number of halogens is 2. The van der Waals surface area contributed by atoms with Gasteiger partial charge in [0.05, 0.1) is 33.8 Å². The standard InChI is InChI=1S/C39H45F2N5O8S/c1-23-17-29(44-54-23)31(47)18-24-11-7-5-4-6-8-12-25-20-39(25,36(50)45-55(51,52)37(2)15-16-37)21-32(48)30-19-26(22-46(30)35(24)49)53-34-33(38(3,40)41)42-27-13-9-10-14-28(27)43-34/h8-10,12-14,17,24-26,30H,4-7,11,15-16,18-22H2,1-3H3,(H,45,50)/b12-8-/t24-,25-,26-,30+,39-/m1/s1. The zero-order chi connectivity index (χ0) is 39.3. The van der Waals surface area contributed by atoms with Gasteiger partial charge in [-0.25, -0.2) is 18.4 Å². The molecule has 1 aromatic carbocycles. The zero-order valence-corrected chi connectivity index (χ0v) is 31.9. The first-order chi connectivity index (χ1) is 26.0. The number of nitrogens with one attached hydrogen (secondary N) is 1. The van der Waals surface area contributed by atoms with E-state index in [-0.39, 0.29) is 43.4 Å². The topological polar surface area (TPSA) is 179 Å². The second kappa shape index (κ2) is 14.5. The smallest absolute Gasteiger partial charge is 0.292 e. The summed E-state index contributed by atoms with van der Waals surface area (Å²) >= 11 is 0. The lowest BCUT2D eigenvalue weighted by Crippen LogP contribution is -2.47. The first-order valence-corrected chi connectivity index (χ1v) is 20.3. The molecule has 2 amide bonds. The number of para-hydroxylation sites is 2. The molecule has 3 aromatic rings. The van der Waals surface area contributed by atoms with Gasteiger partial charge in [0, 0.05) is 38.2 Å². The molecule has 4 aliphatic rings. The number of fused-ring (bicyclic) bond motifs is 3. The number of alkyl halides is 2. The molecular weight excluding hydrogens is 737 g/mol. The second-order valence-electron chi connectivity index (χ2n) is 15.9. The third kappa shape index (κ3) is 7.92. The zero-order valence-electron chi connectivity index (χ0n) is 31.1. The third-order valence-electron chi connectivity index (χ3n) is 11.5. The van der Waals surface area contributed by atoms with Crippen LogP contribution in [0.3, 0.4) is 0 Å². The van der Waals surface area contributed by atoms with E-state index in [1.54, 1.807) is 38.1 Å². The molecule has 55 heavy (non-hydrogen) atoms. The molecule has 2 aromatic heterocycles. The SMILES string of the molecule is Cc1cc(C(=O)C[C@H]2CCCCC/C=C\[C@@H]3C[C@@]3(C(=O)NS(=O)(=O)C3(C)CC3)CC(=O)[C@@H]3C[C@@H](Oc4nc5ccccc5nc4C(C)(F)F)CN3C2=O)no1. The average molecular weight is 782 g/mol. The van der Waals surface area contributed by atoms with E-state index in [9.17, 15) is 36.4 Å². The summed E-state index contributed by atoms with van der Waals surface area (Å²) in [5.41, 5.74) is -1.44. The molecule has 3 fully saturated rings. The Balaban J connectivity index is 1.22. The van der Waals surface area contributed by atoms with Crippen molar-refractivity contribution in [2.75, 3.05) is 6.54 Å². The van der Waals surface area contributed by atoms with Crippen LogP contribution in [0.15, 0.2) is 47.0 Å². The summed E-state index contributed by atoms with van der Waals surface area (Å²) in [6, 6.07) is 6.80. The lowest BCUT2D eigenvalue weighted by molar-refractivity contribution is -0.142. The summed E-state index contributed by atoms with van der Waals surface area (Å²) in [4.78, 5) is 66.2. The molecule has 294 valence electrons. The minimum atomic E-state index is -4.01. The summed E-state index contributed by atoms with van der Waals surface area (Å²) < 4.78 is 68.6.